The van der Waals surface area contributed by atoms with Gasteiger partial charge in [-0.25, -0.2) is 0 Å². The summed E-state index contributed by atoms with van der Waals surface area (Å²) in [5.74, 6) is -1.80. The molecule has 0 saturated heterocycles. The van der Waals surface area contributed by atoms with Crippen LogP contribution in [0, 0.1) is 29.6 Å². The van der Waals surface area contributed by atoms with Crippen molar-refractivity contribution in [2.75, 3.05) is 47.8 Å². The highest BCUT2D eigenvalue weighted by Crippen LogP contribution is 2.46. The fourth-order valence-electron chi connectivity index (χ4n) is 7.34. The molecule has 1 aliphatic rings. The van der Waals surface area contributed by atoms with E-state index in [1.165, 1.54) is 18.1 Å². The van der Waals surface area contributed by atoms with Crippen LogP contribution in [0.2, 0.25) is 0 Å². The fourth-order valence-corrected chi connectivity index (χ4v) is 7.34. The van der Waals surface area contributed by atoms with Crippen molar-refractivity contribution < 1.29 is 28.5 Å². The second-order valence-corrected chi connectivity index (χ2v) is 14.8. The third-order valence-corrected chi connectivity index (χ3v) is 10.3. The van der Waals surface area contributed by atoms with Crippen molar-refractivity contribution in [1.29, 1.82) is 0 Å². The Morgan fingerprint density at radius 2 is 1.58 bits per heavy atom. The standard InChI is InChI=1S/C35H60N4O4/c1-10-27(34(36)41)20-33(35(42)43)32-21-31(37-25(5)40)19-30(32)18-29(17-24(4)22-38(6,7)11-2)28-15-13-26(14-16-28)23-39(8,9)12-3/h13-16,24,27,29-33H,10-12,17-23H2,1-9H3,(H2-2,36,37,40,41,42,43)/p+2. The highest BCUT2D eigenvalue weighted by molar-refractivity contribution is 5.78. The van der Waals surface area contributed by atoms with Crippen LogP contribution in [-0.4, -0.2) is 85.7 Å². The number of hydrogen-bond donors (Lipinski definition) is 3. The molecule has 8 nitrogen and oxygen atoms in total. The van der Waals surface area contributed by atoms with Gasteiger partial charge in [-0.2, -0.15) is 0 Å². The molecule has 4 N–H and O–H groups in total. The molecular weight excluding hydrogens is 540 g/mol. The zero-order chi connectivity index (χ0) is 32.5. The number of nitrogens with one attached hydrogen (secondary N) is 1. The van der Waals surface area contributed by atoms with Gasteiger partial charge in [0.15, 0.2) is 0 Å². The van der Waals surface area contributed by atoms with Crippen LogP contribution in [0.4, 0.5) is 0 Å². The normalized spacial score (nSPS) is 22.0. The summed E-state index contributed by atoms with van der Waals surface area (Å²) in [7, 11) is 9.05. The van der Waals surface area contributed by atoms with Crippen LogP contribution in [0.1, 0.15) is 90.2 Å². The molecule has 2 rings (SSSR count). The summed E-state index contributed by atoms with van der Waals surface area (Å²) in [5, 5.41) is 13.5. The molecule has 43 heavy (non-hydrogen) atoms. The highest BCUT2D eigenvalue weighted by Gasteiger charge is 2.44. The predicted octanol–water partition coefficient (Wildman–Crippen LogP) is 5.01. The number of aliphatic carboxylic acids is 1. The van der Waals surface area contributed by atoms with Crippen molar-refractivity contribution in [2.45, 2.75) is 91.6 Å². The number of amides is 2. The van der Waals surface area contributed by atoms with Gasteiger partial charge in [-0.3, -0.25) is 14.4 Å². The van der Waals surface area contributed by atoms with Crippen molar-refractivity contribution in [3.8, 4) is 0 Å². The van der Waals surface area contributed by atoms with Gasteiger partial charge < -0.3 is 25.1 Å². The Labute approximate surface area is 261 Å². The van der Waals surface area contributed by atoms with Crippen LogP contribution in [0.3, 0.4) is 0 Å². The van der Waals surface area contributed by atoms with Gasteiger partial charge in [0.1, 0.15) is 6.54 Å². The number of carbonyl (C=O) groups excluding carboxylic acids is 2. The SMILES string of the molecule is CCC(CC(C(=O)O)C1CC(NC(C)=O)CC1CC(CC(C)C[N+](C)(C)CC)c1ccc(C[N+](C)(C)CC)cc1)C(N)=O. The third kappa shape index (κ3) is 11.5. The van der Waals surface area contributed by atoms with E-state index >= 15 is 0 Å². The second kappa shape index (κ2) is 16.0. The molecule has 7 atom stereocenters. The van der Waals surface area contributed by atoms with Crippen molar-refractivity contribution in [2.24, 2.45) is 35.3 Å². The maximum atomic E-state index is 12.7. The van der Waals surface area contributed by atoms with E-state index in [0.717, 1.165) is 54.4 Å². The summed E-state index contributed by atoms with van der Waals surface area (Å²) in [6.45, 7) is 14.4. The molecule has 0 spiro atoms. The molecule has 1 aromatic rings. The van der Waals surface area contributed by atoms with E-state index in [9.17, 15) is 19.5 Å². The lowest BCUT2D eigenvalue weighted by Crippen LogP contribution is -2.42. The minimum Gasteiger partial charge on any atom is -0.481 e. The number of carboxylic acids is 1. The number of primary amides is 1. The lowest BCUT2D eigenvalue weighted by atomic mass is 9.73. The first kappa shape index (κ1) is 36.7. The Hall–Kier alpha value is -2.45. The number of hydrogen-bond acceptors (Lipinski definition) is 3. The first-order chi connectivity index (χ1) is 20.0. The minimum absolute atomic E-state index is 0.0619. The van der Waals surface area contributed by atoms with Crippen LogP contribution in [0.15, 0.2) is 24.3 Å². The topological polar surface area (TPSA) is 109 Å². The average Bonchev–Trinajstić information content (AvgIpc) is 3.29. The Bertz CT molecular complexity index is 1050. The molecule has 0 aromatic heterocycles. The highest BCUT2D eigenvalue weighted by atomic mass is 16.4. The molecule has 8 heteroatoms. The van der Waals surface area contributed by atoms with Gasteiger partial charge in [-0.15, -0.1) is 0 Å². The van der Waals surface area contributed by atoms with Crippen LogP contribution in [0.5, 0.6) is 0 Å². The zero-order valence-electron chi connectivity index (χ0n) is 28.6. The molecule has 1 aromatic carbocycles. The van der Waals surface area contributed by atoms with E-state index in [-0.39, 0.29) is 36.1 Å². The van der Waals surface area contributed by atoms with Gasteiger partial charge in [-0.05, 0) is 75.7 Å². The summed E-state index contributed by atoms with van der Waals surface area (Å²) in [6, 6.07) is 9.03. The van der Waals surface area contributed by atoms with Crippen molar-refractivity contribution >= 4 is 17.8 Å². The van der Waals surface area contributed by atoms with Gasteiger partial charge in [0.05, 0.1) is 53.7 Å². The molecule has 0 bridgehead atoms. The van der Waals surface area contributed by atoms with Crippen LogP contribution >= 0.6 is 0 Å². The number of carbonyl (C=O) groups is 3. The smallest absolute Gasteiger partial charge is 0.306 e. The monoisotopic (exact) mass is 602 g/mol. The summed E-state index contributed by atoms with van der Waals surface area (Å²) < 4.78 is 1.89. The van der Waals surface area contributed by atoms with Crippen molar-refractivity contribution in [1.82, 2.24) is 5.32 Å². The van der Waals surface area contributed by atoms with Crippen LogP contribution in [0.25, 0.3) is 0 Å². The lowest BCUT2D eigenvalue weighted by molar-refractivity contribution is -0.901. The number of benzene rings is 1. The van der Waals surface area contributed by atoms with Gasteiger partial charge in [0.2, 0.25) is 11.8 Å². The number of rotatable bonds is 18. The van der Waals surface area contributed by atoms with E-state index in [1.807, 2.05) is 6.92 Å². The van der Waals surface area contributed by atoms with Gasteiger partial charge in [0.25, 0.3) is 0 Å². The Morgan fingerprint density at radius 1 is 0.977 bits per heavy atom. The van der Waals surface area contributed by atoms with Crippen LogP contribution < -0.4 is 11.1 Å². The number of quaternary nitrogens is 2. The summed E-state index contributed by atoms with van der Waals surface area (Å²) in [6.07, 6.45) is 4.01. The van der Waals surface area contributed by atoms with Crippen molar-refractivity contribution in [3.63, 3.8) is 0 Å². The molecule has 244 valence electrons. The summed E-state index contributed by atoms with van der Waals surface area (Å²) in [4.78, 5) is 36.9. The summed E-state index contributed by atoms with van der Waals surface area (Å²) >= 11 is 0. The summed E-state index contributed by atoms with van der Waals surface area (Å²) in [5.41, 5.74) is 8.28. The number of nitrogens with two attached hydrogens (primary N) is 1. The Kier molecular flexibility index (Phi) is 13.7. The van der Waals surface area contributed by atoms with E-state index < -0.39 is 23.7 Å². The van der Waals surface area contributed by atoms with E-state index in [4.69, 9.17) is 5.73 Å². The van der Waals surface area contributed by atoms with Gasteiger partial charge in [-0.1, -0.05) is 38.1 Å². The fraction of sp³-hybridized carbons (Fsp3) is 0.743. The molecule has 2 amide bonds. The first-order valence-electron chi connectivity index (χ1n) is 16.5. The molecule has 0 radical (unpaired) electrons. The van der Waals surface area contributed by atoms with Gasteiger partial charge >= 0.3 is 5.97 Å². The van der Waals surface area contributed by atoms with E-state index in [2.05, 4.69) is 78.5 Å². The van der Waals surface area contributed by atoms with Gasteiger partial charge in [0, 0.05) is 30.4 Å². The largest absolute Gasteiger partial charge is 0.481 e. The molecule has 7 unspecified atom stereocenters. The molecule has 0 heterocycles. The van der Waals surface area contributed by atoms with Crippen molar-refractivity contribution in [3.05, 3.63) is 35.4 Å². The number of carboxylic acid groups (broad SMARTS) is 1. The molecule has 1 saturated carbocycles. The third-order valence-electron chi connectivity index (χ3n) is 10.3. The first-order valence-corrected chi connectivity index (χ1v) is 16.5. The lowest BCUT2D eigenvalue weighted by Gasteiger charge is -2.34. The molecular formula is C35H62N4O4+2. The maximum Gasteiger partial charge on any atom is 0.306 e. The Balaban J connectivity index is 2.45. The number of nitrogens with zero attached hydrogens (tertiary/aromatic N) is 2. The molecule has 1 aliphatic carbocycles. The second-order valence-electron chi connectivity index (χ2n) is 14.8. The molecule has 0 aliphatic heterocycles. The van der Waals surface area contributed by atoms with E-state index in [0.29, 0.717) is 18.8 Å². The zero-order valence-corrected chi connectivity index (χ0v) is 28.6. The van der Waals surface area contributed by atoms with Crippen LogP contribution in [-0.2, 0) is 20.9 Å². The predicted molar refractivity (Wildman–Crippen MR) is 174 cm³/mol. The Morgan fingerprint density at radius 3 is 2.07 bits per heavy atom. The maximum absolute atomic E-state index is 12.7. The average molecular weight is 603 g/mol. The van der Waals surface area contributed by atoms with E-state index in [1.54, 1.807) is 0 Å². The quantitative estimate of drug-likeness (QED) is 0.205. The minimum atomic E-state index is -0.869. The molecule has 1 fully saturated rings.